The molecule has 9 heteroatoms. The molecule has 0 bridgehead atoms. The Kier molecular flexibility index (Phi) is 7.38. The molecule has 0 amide bonds. The molecule has 0 aromatic heterocycles. The second kappa shape index (κ2) is 9.64. The van der Waals surface area contributed by atoms with E-state index in [0.717, 1.165) is 31.6 Å². The van der Waals surface area contributed by atoms with Gasteiger partial charge in [-0.25, -0.2) is 8.42 Å². The van der Waals surface area contributed by atoms with Crippen LogP contribution in [0.3, 0.4) is 0 Å². The summed E-state index contributed by atoms with van der Waals surface area (Å²) in [5.41, 5.74) is 0.950. The van der Waals surface area contributed by atoms with Crippen molar-refractivity contribution >= 4 is 21.7 Å². The van der Waals surface area contributed by atoms with Gasteiger partial charge in [0.2, 0.25) is 10.0 Å². The highest BCUT2D eigenvalue weighted by molar-refractivity contribution is 7.89. The van der Waals surface area contributed by atoms with E-state index in [1.165, 1.54) is 0 Å². The van der Waals surface area contributed by atoms with Gasteiger partial charge < -0.3 is 19.1 Å². The van der Waals surface area contributed by atoms with E-state index >= 15 is 0 Å². The molecule has 0 saturated carbocycles. The molecule has 1 atom stereocenters. The number of carbonyl (C=O) groups excluding carboxylic acids is 1. The number of carbonyl (C=O) groups is 1. The first kappa shape index (κ1) is 23.0. The number of hydrogen-bond acceptors (Lipinski definition) is 7. The largest absolute Gasteiger partial charge is 0.465 e. The van der Waals surface area contributed by atoms with Crippen LogP contribution in [0.5, 0.6) is 0 Å². The fraction of sp³-hybridized carbons (Fsp3) is 0.667. The van der Waals surface area contributed by atoms with E-state index in [9.17, 15) is 13.2 Å². The minimum atomic E-state index is -3.84. The van der Waals surface area contributed by atoms with Crippen molar-refractivity contribution < 1.29 is 27.4 Å². The molecule has 1 spiro atoms. The van der Waals surface area contributed by atoms with Crippen molar-refractivity contribution in [2.75, 3.05) is 37.8 Å². The molecule has 30 heavy (non-hydrogen) atoms. The number of sulfonamides is 1. The number of rotatable bonds is 8. The van der Waals surface area contributed by atoms with Crippen molar-refractivity contribution in [3.8, 4) is 0 Å². The monoisotopic (exact) mass is 440 g/mol. The minimum Gasteiger partial charge on any atom is -0.465 e. The average Bonchev–Trinajstić information content (AvgIpc) is 3.16. The predicted octanol–water partition coefficient (Wildman–Crippen LogP) is 2.29. The molecule has 1 aromatic carbocycles. The highest BCUT2D eigenvalue weighted by Gasteiger charge is 2.39. The van der Waals surface area contributed by atoms with Gasteiger partial charge in [0.25, 0.3) is 0 Å². The van der Waals surface area contributed by atoms with Crippen molar-refractivity contribution in [3.05, 3.63) is 24.3 Å². The van der Waals surface area contributed by atoms with Gasteiger partial charge in [0.05, 0.1) is 24.7 Å². The van der Waals surface area contributed by atoms with E-state index in [-0.39, 0.29) is 17.4 Å². The lowest BCUT2D eigenvalue weighted by atomic mass is 10.0. The second-order valence-corrected chi connectivity index (χ2v) is 9.86. The van der Waals surface area contributed by atoms with Crippen molar-refractivity contribution in [1.29, 1.82) is 0 Å². The summed E-state index contributed by atoms with van der Waals surface area (Å²) >= 11 is 0. The Balaban J connectivity index is 1.66. The molecule has 0 aliphatic carbocycles. The standard InChI is InChI=1S/C21H32N2O6S/c1-4-27-20(24)19(15-16(2)3)22-30(25,26)18-7-5-17(6-8-18)23-11-9-21(10-12-23)28-13-14-29-21/h5-8,16,19,22H,4,9-15H2,1-3H3/t19-/m0/s1. The summed E-state index contributed by atoms with van der Waals surface area (Å²) in [5.74, 6) is -0.855. The number of benzene rings is 1. The predicted molar refractivity (Wildman–Crippen MR) is 113 cm³/mol. The maximum atomic E-state index is 12.8. The Morgan fingerprint density at radius 3 is 2.30 bits per heavy atom. The third kappa shape index (κ3) is 5.51. The normalized spacial score (nSPS) is 19.9. The van der Waals surface area contributed by atoms with Gasteiger partial charge in [-0.3, -0.25) is 4.79 Å². The van der Waals surface area contributed by atoms with Crippen LogP contribution in [0.4, 0.5) is 5.69 Å². The molecule has 2 heterocycles. The molecule has 1 aromatic rings. The zero-order valence-corrected chi connectivity index (χ0v) is 18.7. The summed E-state index contributed by atoms with van der Waals surface area (Å²) in [6.07, 6.45) is 1.94. The maximum absolute atomic E-state index is 12.8. The molecule has 1 N–H and O–H groups in total. The number of esters is 1. The van der Waals surface area contributed by atoms with E-state index in [1.54, 1.807) is 31.2 Å². The first-order chi connectivity index (χ1) is 14.2. The first-order valence-electron chi connectivity index (χ1n) is 10.6. The molecule has 0 radical (unpaired) electrons. The molecule has 2 saturated heterocycles. The Morgan fingerprint density at radius 2 is 1.77 bits per heavy atom. The molecule has 2 fully saturated rings. The van der Waals surface area contributed by atoms with E-state index in [2.05, 4.69) is 9.62 Å². The van der Waals surface area contributed by atoms with Gasteiger partial charge in [-0.15, -0.1) is 0 Å². The minimum absolute atomic E-state index is 0.125. The van der Waals surface area contributed by atoms with Crippen molar-refractivity contribution in [1.82, 2.24) is 4.72 Å². The molecular weight excluding hydrogens is 408 g/mol. The van der Waals surface area contributed by atoms with Crippen LogP contribution >= 0.6 is 0 Å². The van der Waals surface area contributed by atoms with Crippen LogP contribution in [0.1, 0.15) is 40.0 Å². The van der Waals surface area contributed by atoms with E-state index in [1.807, 2.05) is 13.8 Å². The highest BCUT2D eigenvalue weighted by Crippen LogP contribution is 2.33. The van der Waals surface area contributed by atoms with Gasteiger partial charge in [-0.2, -0.15) is 4.72 Å². The number of nitrogens with zero attached hydrogens (tertiary/aromatic N) is 1. The van der Waals surface area contributed by atoms with Crippen molar-refractivity contribution in [2.45, 2.75) is 56.8 Å². The fourth-order valence-corrected chi connectivity index (χ4v) is 5.09. The third-order valence-corrected chi connectivity index (χ3v) is 6.91. The number of nitrogens with one attached hydrogen (secondary N) is 1. The third-order valence-electron chi connectivity index (χ3n) is 5.43. The Labute approximate surface area is 178 Å². The Morgan fingerprint density at radius 1 is 1.17 bits per heavy atom. The quantitative estimate of drug-likeness (QED) is 0.620. The second-order valence-electron chi connectivity index (χ2n) is 8.14. The van der Waals surface area contributed by atoms with E-state index < -0.39 is 27.8 Å². The maximum Gasteiger partial charge on any atom is 0.324 e. The fourth-order valence-electron chi connectivity index (χ4n) is 3.89. The van der Waals surface area contributed by atoms with Crippen LogP contribution in [0.2, 0.25) is 0 Å². The van der Waals surface area contributed by atoms with Gasteiger partial charge in [-0.05, 0) is 43.5 Å². The Hall–Kier alpha value is -1.68. The van der Waals surface area contributed by atoms with Crippen LogP contribution in [-0.2, 0) is 29.0 Å². The number of anilines is 1. The van der Waals surface area contributed by atoms with Crippen molar-refractivity contribution in [3.63, 3.8) is 0 Å². The number of hydrogen-bond donors (Lipinski definition) is 1. The first-order valence-corrected chi connectivity index (χ1v) is 12.0. The molecule has 8 nitrogen and oxygen atoms in total. The lowest BCUT2D eigenvalue weighted by Crippen LogP contribution is -2.45. The SMILES string of the molecule is CCOC(=O)[C@H](CC(C)C)NS(=O)(=O)c1ccc(N2CCC3(CC2)OCCO3)cc1. The molecule has 0 unspecified atom stereocenters. The van der Waals surface area contributed by atoms with E-state index in [0.29, 0.717) is 19.6 Å². The average molecular weight is 441 g/mol. The summed E-state index contributed by atoms with van der Waals surface area (Å²) in [6, 6.07) is 5.83. The molecule has 3 rings (SSSR count). The van der Waals surface area contributed by atoms with Gasteiger partial charge >= 0.3 is 5.97 Å². The summed E-state index contributed by atoms with van der Waals surface area (Å²) in [7, 11) is -3.84. The van der Waals surface area contributed by atoms with Gasteiger partial charge in [0.15, 0.2) is 5.79 Å². The lowest BCUT2D eigenvalue weighted by molar-refractivity contribution is -0.169. The summed E-state index contributed by atoms with van der Waals surface area (Å²) in [6.45, 7) is 8.61. The van der Waals surface area contributed by atoms with Crippen molar-refractivity contribution in [2.24, 2.45) is 5.92 Å². The zero-order chi connectivity index (χ0) is 21.8. The van der Waals surface area contributed by atoms with Gasteiger partial charge in [0, 0.05) is 31.6 Å². The van der Waals surface area contributed by atoms with Gasteiger partial charge in [0.1, 0.15) is 6.04 Å². The summed E-state index contributed by atoms with van der Waals surface area (Å²) < 4.78 is 44.7. The Bertz CT molecular complexity index is 808. The smallest absolute Gasteiger partial charge is 0.324 e. The zero-order valence-electron chi connectivity index (χ0n) is 17.9. The molecule has 2 aliphatic heterocycles. The molecule has 168 valence electrons. The van der Waals surface area contributed by atoms with Gasteiger partial charge in [-0.1, -0.05) is 13.8 Å². The van der Waals surface area contributed by atoms with Crippen LogP contribution in [0, 0.1) is 5.92 Å². The molecular formula is C21H32N2O6S. The summed E-state index contributed by atoms with van der Waals surface area (Å²) in [4.78, 5) is 14.5. The number of ether oxygens (including phenoxy) is 3. The summed E-state index contributed by atoms with van der Waals surface area (Å²) in [5, 5.41) is 0. The van der Waals surface area contributed by atoms with Crippen LogP contribution in [-0.4, -0.2) is 59.1 Å². The highest BCUT2D eigenvalue weighted by atomic mass is 32.2. The lowest BCUT2D eigenvalue weighted by Gasteiger charge is -2.38. The molecule has 2 aliphatic rings. The topological polar surface area (TPSA) is 94.2 Å². The van der Waals surface area contributed by atoms with E-state index in [4.69, 9.17) is 14.2 Å². The van der Waals surface area contributed by atoms with Crippen LogP contribution < -0.4 is 9.62 Å². The van der Waals surface area contributed by atoms with Crippen LogP contribution in [0.15, 0.2) is 29.2 Å². The van der Waals surface area contributed by atoms with Crippen LogP contribution in [0.25, 0.3) is 0 Å². The number of piperidine rings is 1.